The Labute approximate surface area is 142 Å². The van der Waals surface area contributed by atoms with Gasteiger partial charge < -0.3 is 5.32 Å². The molecule has 1 aromatic rings. The van der Waals surface area contributed by atoms with E-state index < -0.39 is 14.9 Å². The number of sulfonamides is 1. The Morgan fingerprint density at radius 2 is 1.88 bits per heavy atom. The van der Waals surface area contributed by atoms with E-state index in [2.05, 4.69) is 19.2 Å². The van der Waals surface area contributed by atoms with E-state index in [1.165, 1.54) is 44.2 Å². The highest BCUT2D eigenvalue weighted by Crippen LogP contribution is 2.38. The highest BCUT2D eigenvalue weighted by Gasteiger charge is 2.30. The summed E-state index contributed by atoms with van der Waals surface area (Å²) < 4.78 is 23.1. The zero-order chi connectivity index (χ0) is 18.0. The first-order valence-electron chi connectivity index (χ1n) is 8.16. The summed E-state index contributed by atoms with van der Waals surface area (Å²) in [5.74, 6) is 0.593. The molecule has 0 spiro atoms. The van der Waals surface area contributed by atoms with Crippen LogP contribution in [0.3, 0.4) is 0 Å². The number of non-ortho nitro benzene ring substituents is 1. The zero-order valence-corrected chi connectivity index (χ0v) is 14.9. The average molecular weight is 355 g/mol. The number of nitro benzene ring substituents is 1. The fourth-order valence-corrected chi connectivity index (χ4v) is 3.89. The summed E-state index contributed by atoms with van der Waals surface area (Å²) in [5.41, 5.74) is 0.129. The second kappa shape index (κ2) is 7.06. The Hall–Kier alpha value is -1.67. The van der Waals surface area contributed by atoms with Crippen LogP contribution < -0.4 is 10.5 Å². The van der Waals surface area contributed by atoms with E-state index in [0.717, 1.165) is 6.07 Å². The van der Waals surface area contributed by atoms with E-state index in [1.807, 2.05) is 0 Å². The molecule has 3 N–H and O–H groups in total. The molecule has 0 atom stereocenters. The van der Waals surface area contributed by atoms with Gasteiger partial charge >= 0.3 is 0 Å². The normalized spacial score (nSPS) is 16.8. The SMILES string of the molecule is CC(C)(CNc1cc([N+](=O)[O-])cc(S(N)(=O)=O)c1)C1CCCCC1. The molecule has 7 nitrogen and oxygen atoms in total. The van der Waals surface area contributed by atoms with Crippen LogP contribution in [-0.2, 0) is 10.0 Å². The van der Waals surface area contributed by atoms with Gasteiger partial charge in [0.25, 0.3) is 5.69 Å². The van der Waals surface area contributed by atoms with E-state index >= 15 is 0 Å². The van der Waals surface area contributed by atoms with Gasteiger partial charge in [-0.15, -0.1) is 0 Å². The number of rotatable bonds is 6. The van der Waals surface area contributed by atoms with Gasteiger partial charge in [-0.25, -0.2) is 13.6 Å². The lowest BCUT2D eigenvalue weighted by molar-refractivity contribution is -0.385. The Balaban J connectivity index is 2.19. The van der Waals surface area contributed by atoms with Gasteiger partial charge in [0.05, 0.1) is 9.82 Å². The predicted octanol–water partition coefficient (Wildman–Crippen LogP) is 3.26. The molecule has 1 aromatic carbocycles. The molecule has 8 heteroatoms. The number of nitrogens with one attached hydrogen (secondary N) is 1. The third kappa shape index (κ3) is 4.67. The van der Waals surface area contributed by atoms with Crippen molar-refractivity contribution in [2.75, 3.05) is 11.9 Å². The lowest BCUT2D eigenvalue weighted by Gasteiger charge is -2.37. The van der Waals surface area contributed by atoms with Gasteiger partial charge in [0.1, 0.15) is 0 Å². The summed E-state index contributed by atoms with van der Waals surface area (Å²) in [4.78, 5) is 10.1. The quantitative estimate of drug-likeness (QED) is 0.600. The maximum atomic E-state index is 11.5. The standard InChI is InChI=1S/C16H25N3O4S/c1-16(2,12-6-4-3-5-7-12)11-18-13-8-14(19(20)21)10-15(9-13)24(17,22)23/h8-10,12,18H,3-7,11H2,1-2H3,(H2,17,22,23). The third-order valence-corrected chi connectivity index (χ3v) is 5.78. The molecular formula is C16H25N3O4S. The molecule has 1 fully saturated rings. The Bertz CT molecular complexity index is 710. The van der Waals surface area contributed by atoms with E-state index in [0.29, 0.717) is 18.2 Å². The second-order valence-corrected chi connectivity index (χ2v) is 8.76. The first-order chi connectivity index (χ1) is 11.1. The molecule has 0 aliphatic heterocycles. The van der Waals surface area contributed by atoms with Crippen LogP contribution in [0.5, 0.6) is 0 Å². The third-order valence-electron chi connectivity index (χ3n) is 4.89. The maximum Gasteiger partial charge on any atom is 0.272 e. The average Bonchev–Trinajstić information content (AvgIpc) is 2.53. The molecule has 1 saturated carbocycles. The molecule has 24 heavy (non-hydrogen) atoms. The number of anilines is 1. The molecule has 0 bridgehead atoms. The number of nitrogens with zero attached hydrogens (tertiary/aromatic N) is 1. The first kappa shape index (κ1) is 18.7. The summed E-state index contributed by atoms with van der Waals surface area (Å²) in [7, 11) is -4.00. The number of primary sulfonamides is 1. The molecule has 0 heterocycles. The van der Waals surface area contributed by atoms with Crippen LogP contribution in [0.1, 0.15) is 46.0 Å². The summed E-state index contributed by atoms with van der Waals surface area (Å²) in [6.45, 7) is 4.96. The number of hydrogen-bond acceptors (Lipinski definition) is 5. The maximum absolute atomic E-state index is 11.5. The molecule has 1 aliphatic rings. The van der Waals surface area contributed by atoms with Crippen LogP contribution in [0.2, 0.25) is 0 Å². The number of benzene rings is 1. The zero-order valence-electron chi connectivity index (χ0n) is 14.1. The monoisotopic (exact) mass is 355 g/mol. The Morgan fingerprint density at radius 3 is 2.42 bits per heavy atom. The Morgan fingerprint density at radius 1 is 1.25 bits per heavy atom. The lowest BCUT2D eigenvalue weighted by Crippen LogP contribution is -2.33. The molecule has 0 aromatic heterocycles. The number of hydrogen-bond donors (Lipinski definition) is 2. The molecule has 0 unspecified atom stereocenters. The van der Waals surface area contributed by atoms with Crippen molar-refractivity contribution in [3.05, 3.63) is 28.3 Å². The summed E-state index contributed by atoms with van der Waals surface area (Å²) in [6.07, 6.45) is 6.13. The first-order valence-corrected chi connectivity index (χ1v) is 9.70. The fraction of sp³-hybridized carbons (Fsp3) is 0.625. The molecule has 0 saturated heterocycles. The van der Waals surface area contributed by atoms with Crippen molar-refractivity contribution in [2.45, 2.75) is 50.8 Å². The van der Waals surface area contributed by atoms with Crippen LogP contribution in [0.25, 0.3) is 0 Å². The van der Waals surface area contributed by atoms with Gasteiger partial charge in [-0.2, -0.15) is 0 Å². The highest BCUT2D eigenvalue weighted by molar-refractivity contribution is 7.89. The van der Waals surface area contributed by atoms with Crippen molar-refractivity contribution >= 4 is 21.4 Å². The van der Waals surface area contributed by atoms with Crippen molar-refractivity contribution < 1.29 is 13.3 Å². The second-order valence-electron chi connectivity index (χ2n) is 7.19. The van der Waals surface area contributed by atoms with Gasteiger partial charge in [0.2, 0.25) is 10.0 Å². The predicted molar refractivity (Wildman–Crippen MR) is 93.3 cm³/mol. The summed E-state index contributed by atoms with van der Waals surface area (Å²) in [6, 6.07) is 3.66. The smallest absolute Gasteiger partial charge is 0.272 e. The molecule has 134 valence electrons. The van der Waals surface area contributed by atoms with Crippen LogP contribution in [-0.4, -0.2) is 19.9 Å². The van der Waals surface area contributed by atoms with Gasteiger partial charge in [-0.05, 0) is 30.2 Å². The van der Waals surface area contributed by atoms with Gasteiger partial charge in [-0.1, -0.05) is 33.1 Å². The molecule has 2 rings (SSSR count). The van der Waals surface area contributed by atoms with Gasteiger partial charge in [-0.3, -0.25) is 10.1 Å². The minimum atomic E-state index is -4.00. The van der Waals surface area contributed by atoms with E-state index in [-0.39, 0.29) is 16.0 Å². The summed E-state index contributed by atoms with van der Waals surface area (Å²) in [5, 5.41) is 19.3. The van der Waals surface area contributed by atoms with E-state index in [4.69, 9.17) is 5.14 Å². The summed E-state index contributed by atoms with van der Waals surface area (Å²) >= 11 is 0. The van der Waals surface area contributed by atoms with Crippen molar-refractivity contribution in [3.63, 3.8) is 0 Å². The topological polar surface area (TPSA) is 115 Å². The fourth-order valence-electron chi connectivity index (χ4n) is 3.31. The van der Waals surface area contributed by atoms with Crippen molar-refractivity contribution in [3.8, 4) is 0 Å². The van der Waals surface area contributed by atoms with E-state index in [1.54, 1.807) is 0 Å². The minimum Gasteiger partial charge on any atom is -0.384 e. The number of nitro groups is 1. The van der Waals surface area contributed by atoms with Gasteiger partial charge in [0, 0.05) is 24.4 Å². The van der Waals surface area contributed by atoms with Crippen LogP contribution in [0.4, 0.5) is 11.4 Å². The van der Waals surface area contributed by atoms with Crippen molar-refractivity contribution in [1.29, 1.82) is 0 Å². The number of nitrogens with two attached hydrogens (primary N) is 1. The molecule has 0 radical (unpaired) electrons. The largest absolute Gasteiger partial charge is 0.384 e. The lowest BCUT2D eigenvalue weighted by atomic mass is 9.71. The minimum absolute atomic E-state index is 0.0206. The van der Waals surface area contributed by atoms with Crippen LogP contribution in [0, 0.1) is 21.4 Å². The molecular weight excluding hydrogens is 330 g/mol. The van der Waals surface area contributed by atoms with Crippen molar-refractivity contribution in [1.82, 2.24) is 0 Å². The van der Waals surface area contributed by atoms with Crippen molar-refractivity contribution in [2.24, 2.45) is 16.5 Å². The molecule has 1 aliphatic carbocycles. The van der Waals surface area contributed by atoms with E-state index in [9.17, 15) is 18.5 Å². The van der Waals surface area contributed by atoms with Crippen LogP contribution in [0.15, 0.2) is 23.1 Å². The Kier molecular flexibility index (Phi) is 5.49. The molecule has 0 amide bonds. The highest BCUT2D eigenvalue weighted by atomic mass is 32.2. The van der Waals surface area contributed by atoms with Gasteiger partial charge in [0.15, 0.2) is 0 Å². The van der Waals surface area contributed by atoms with Crippen LogP contribution >= 0.6 is 0 Å².